The molecule has 7 rings (SSSR count). The molecule has 0 spiro atoms. The van der Waals surface area contributed by atoms with Crippen molar-refractivity contribution in [3.8, 4) is 33.4 Å². The zero-order valence-electron chi connectivity index (χ0n) is 27.8. The Kier molecular flexibility index (Phi) is 10.5. The number of rotatable bonds is 10. The molecule has 1 saturated heterocycles. The maximum atomic E-state index is 16.2. The maximum absolute atomic E-state index is 16.2. The van der Waals surface area contributed by atoms with Gasteiger partial charge in [-0.3, -0.25) is 0 Å². The van der Waals surface area contributed by atoms with E-state index in [0.717, 1.165) is 45.1 Å². The van der Waals surface area contributed by atoms with Gasteiger partial charge >= 0.3 is 17.9 Å². The molecule has 0 N–H and O–H groups in total. The van der Waals surface area contributed by atoms with E-state index in [-0.39, 0.29) is 17.7 Å². The van der Waals surface area contributed by atoms with Gasteiger partial charge in [0, 0.05) is 0 Å². The molecule has 0 bridgehead atoms. The van der Waals surface area contributed by atoms with Crippen molar-refractivity contribution in [1.29, 1.82) is 0 Å². The molecule has 1 fully saturated rings. The summed E-state index contributed by atoms with van der Waals surface area (Å²) in [6, 6.07) is 49.7. The van der Waals surface area contributed by atoms with Crippen LogP contribution in [0.4, 0.5) is 4.39 Å². The van der Waals surface area contributed by atoms with Crippen LogP contribution in [0.1, 0.15) is 31.1 Å². The van der Waals surface area contributed by atoms with Gasteiger partial charge in [0.25, 0.3) is 0 Å². The molecule has 1 heterocycles. The van der Waals surface area contributed by atoms with Gasteiger partial charge in [0.05, 0.1) is 21.9 Å². The van der Waals surface area contributed by atoms with Crippen LogP contribution in [0, 0.1) is 0 Å². The van der Waals surface area contributed by atoms with Crippen molar-refractivity contribution in [1.82, 2.24) is 0 Å². The Hall–Kier alpha value is -5.99. The number of halogens is 1. The average molecular weight is 709 g/mol. The Balaban J connectivity index is 1.05. The van der Waals surface area contributed by atoms with Gasteiger partial charge in [-0.25, -0.2) is 18.8 Å². The van der Waals surface area contributed by atoms with E-state index in [2.05, 4.69) is 0 Å². The first-order chi connectivity index (χ1) is 25.4. The predicted molar refractivity (Wildman–Crippen MR) is 201 cm³/mol. The van der Waals surface area contributed by atoms with Gasteiger partial charge in [-0.15, -0.1) is 11.8 Å². The van der Waals surface area contributed by atoms with Crippen LogP contribution >= 0.6 is 11.8 Å². The van der Waals surface area contributed by atoms with E-state index in [0.29, 0.717) is 5.56 Å². The minimum Gasteiger partial charge on any atom is -0.461 e. The molecule has 1 aliphatic heterocycles. The summed E-state index contributed by atoms with van der Waals surface area (Å²) in [5, 5.41) is -0.853. The molecule has 6 aromatic carbocycles. The van der Waals surface area contributed by atoms with Crippen molar-refractivity contribution in [2.45, 2.75) is 23.0 Å². The van der Waals surface area contributed by atoms with E-state index in [1.165, 1.54) is 0 Å². The lowest BCUT2D eigenvalue weighted by Gasteiger charge is -2.20. The smallest absolute Gasteiger partial charge is 0.339 e. The van der Waals surface area contributed by atoms with Crippen molar-refractivity contribution >= 4 is 29.7 Å². The van der Waals surface area contributed by atoms with Crippen LogP contribution in [0.25, 0.3) is 33.4 Å². The van der Waals surface area contributed by atoms with E-state index in [1.807, 2.05) is 103 Å². The van der Waals surface area contributed by atoms with Gasteiger partial charge in [-0.2, -0.15) is 0 Å². The summed E-state index contributed by atoms with van der Waals surface area (Å²) in [4.78, 5) is 39.6. The lowest BCUT2D eigenvalue weighted by Crippen LogP contribution is -2.37. The summed E-state index contributed by atoms with van der Waals surface area (Å²) >= 11 is 0.951. The Morgan fingerprint density at radius 2 is 0.808 bits per heavy atom. The average Bonchev–Trinajstić information content (AvgIpc) is 3.50. The third kappa shape index (κ3) is 7.98. The second-order valence-corrected chi connectivity index (χ2v) is 13.5. The SMILES string of the molecule is O=C(OC[C@H]1SC(OC(=O)c2ccc(-c3ccccc3)cc2)[C@H](F)[C@@H]1OC(=O)c1ccc(-c2ccccc2)cc1)c1ccc(-c2ccccc2)cc1. The fraction of sp³-hybridized carbons (Fsp3) is 0.114. The topological polar surface area (TPSA) is 78.9 Å². The summed E-state index contributed by atoms with van der Waals surface area (Å²) in [5.74, 6) is -2.09. The standard InChI is InChI=1S/C44H33FO6S/c45-39-40(50-42(47)36-24-18-33(19-25-36)30-12-6-2-7-13-30)38(28-49-41(46)35-22-16-32(17-23-35)29-10-4-1-5-11-29)52-44(39)51-43(48)37-26-20-34(21-27-37)31-14-8-3-9-15-31/h1-27,38-40,44H,28H2/t38-,39-,40-,44?/m1/s1. The van der Waals surface area contributed by atoms with Crippen LogP contribution in [0.15, 0.2) is 164 Å². The number of thioether (sulfide) groups is 1. The van der Waals surface area contributed by atoms with Gasteiger partial charge in [0.2, 0.25) is 0 Å². The van der Waals surface area contributed by atoms with Gasteiger partial charge in [0.15, 0.2) is 17.7 Å². The fourth-order valence-electron chi connectivity index (χ4n) is 5.95. The molecule has 0 amide bonds. The van der Waals surface area contributed by atoms with Crippen molar-refractivity contribution in [2.24, 2.45) is 0 Å². The fourth-order valence-corrected chi connectivity index (χ4v) is 7.25. The number of carbonyl (C=O) groups is 3. The molecule has 8 heteroatoms. The normalized spacial score (nSPS) is 17.9. The first kappa shape index (κ1) is 34.5. The first-order valence-electron chi connectivity index (χ1n) is 16.8. The highest BCUT2D eigenvalue weighted by Crippen LogP contribution is 2.40. The van der Waals surface area contributed by atoms with Crippen LogP contribution in [-0.2, 0) is 14.2 Å². The molecule has 52 heavy (non-hydrogen) atoms. The number of benzene rings is 6. The molecule has 0 aromatic heterocycles. The van der Waals surface area contributed by atoms with Crippen molar-refractivity contribution in [2.75, 3.05) is 6.61 Å². The van der Waals surface area contributed by atoms with Crippen molar-refractivity contribution < 1.29 is 33.0 Å². The molecule has 6 nitrogen and oxygen atoms in total. The number of alkyl halides is 1. The number of esters is 3. The molecule has 258 valence electrons. The zero-order chi connectivity index (χ0) is 35.9. The number of hydrogen-bond donors (Lipinski definition) is 0. The van der Waals surface area contributed by atoms with Crippen LogP contribution in [0.2, 0.25) is 0 Å². The minimum atomic E-state index is -1.89. The number of hydrogen-bond acceptors (Lipinski definition) is 7. The van der Waals surface area contributed by atoms with Crippen LogP contribution in [0.5, 0.6) is 0 Å². The van der Waals surface area contributed by atoms with Crippen LogP contribution < -0.4 is 0 Å². The van der Waals surface area contributed by atoms with Crippen LogP contribution in [0.3, 0.4) is 0 Å². The van der Waals surface area contributed by atoms with Gasteiger partial charge < -0.3 is 14.2 Å². The van der Waals surface area contributed by atoms with E-state index in [4.69, 9.17) is 14.2 Å². The quantitative estimate of drug-likeness (QED) is 0.104. The largest absolute Gasteiger partial charge is 0.461 e. The summed E-state index contributed by atoms with van der Waals surface area (Å²) in [7, 11) is 0. The molecular formula is C44H33FO6S. The molecule has 1 unspecified atom stereocenters. The summed E-state index contributed by atoms with van der Waals surface area (Å²) in [6.07, 6.45) is -3.25. The monoisotopic (exact) mass is 708 g/mol. The second-order valence-electron chi connectivity index (χ2n) is 12.2. The first-order valence-corrected chi connectivity index (χ1v) is 17.7. The molecule has 0 aliphatic carbocycles. The molecule has 0 radical (unpaired) electrons. The van der Waals surface area contributed by atoms with E-state index in [9.17, 15) is 14.4 Å². The highest BCUT2D eigenvalue weighted by Gasteiger charge is 2.50. The second kappa shape index (κ2) is 15.9. The lowest BCUT2D eigenvalue weighted by atomic mass is 10.0. The van der Waals surface area contributed by atoms with Crippen LogP contribution in [-0.4, -0.2) is 47.5 Å². The molecule has 1 aliphatic rings. The highest BCUT2D eigenvalue weighted by atomic mass is 32.2. The van der Waals surface area contributed by atoms with Crippen molar-refractivity contribution in [3.05, 3.63) is 180 Å². The maximum Gasteiger partial charge on any atom is 0.339 e. The van der Waals surface area contributed by atoms with E-state index in [1.54, 1.807) is 60.7 Å². The van der Waals surface area contributed by atoms with E-state index < -0.39 is 40.9 Å². The molecule has 0 saturated carbocycles. The molecule has 6 aromatic rings. The highest BCUT2D eigenvalue weighted by molar-refractivity contribution is 8.00. The number of ether oxygens (including phenoxy) is 3. The Morgan fingerprint density at radius 1 is 0.462 bits per heavy atom. The molecule has 4 atom stereocenters. The Labute approximate surface area is 305 Å². The van der Waals surface area contributed by atoms with Gasteiger partial charge in [0.1, 0.15) is 6.61 Å². The van der Waals surface area contributed by atoms with E-state index >= 15 is 4.39 Å². The summed E-state index contributed by atoms with van der Waals surface area (Å²) < 4.78 is 33.2. The lowest BCUT2D eigenvalue weighted by molar-refractivity contribution is -0.0186. The Bertz CT molecular complexity index is 2120. The van der Waals surface area contributed by atoms with Gasteiger partial charge in [-0.05, 0) is 69.8 Å². The summed E-state index contributed by atoms with van der Waals surface area (Å²) in [5.41, 5.74) is 5.20. The zero-order valence-corrected chi connectivity index (χ0v) is 28.7. The predicted octanol–water partition coefficient (Wildman–Crippen LogP) is 9.71. The van der Waals surface area contributed by atoms with Gasteiger partial charge in [-0.1, -0.05) is 127 Å². The third-order valence-electron chi connectivity index (χ3n) is 8.78. The Morgan fingerprint density at radius 3 is 1.21 bits per heavy atom. The number of carbonyl (C=O) groups excluding carboxylic acids is 3. The third-order valence-corrected chi connectivity index (χ3v) is 10.2. The summed E-state index contributed by atoms with van der Waals surface area (Å²) in [6.45, 7) is -0.283. The molecular weight excluding hydrogens is 676 g/mol. The minimum absolute atomic E-state index is 0.227. The van der Waals surface area contributed by atoms with Crippen molar-refractivity contribution in [3.63, 3.8) is 0 Å².